The van der Waals surface area contributed by atoms with Crippen LogP contribution in [-0.4, -0.2) is 52.0 Å². The molecule has 4 unspecified atom stereocenters. The van der Waals surface area contributed by atoms with E-state index >= 15 is 0 Å². The average molecular weight is 605 g/mol. The van der Waals surface area contributed by atoms with Crippen LogP contribution in [0, 0.1) is 11.8 Å². The summed E-state index contributed by atoms with van der Waals surface area (Å²) >= 11 is 0. The molecule has 5 atom stereocenters. The van der Waals surface area contributed by atoms with Crippen LogP contribution in [-0.2, 0) is 26.6 Å². The Labute approximate surface area is 256 Å². The van der Waals surface area contributed by atoms with Crippen molar-refractivity contribution in [3.05, 3.63) is 71.3 Å². The Kier molecular flexibility index (Phi) is 8.01. The number of aryl methyl sites for hydroxylation is 1. The lowest BCUT2D eigenvalue weighted by molar-refractivity contribution is 0.0634. The van der Waals surface area contributed by atoms with Crippen molar-refractivity contribution >= 4 is 21.6 Å². The number of fused-ring (bicyclic) bond motifs is 4. The van der Waals surface area contributed by atoms with Gasteiger partial charge in [-0.25, -0.2) is 13.1 Å². The zero-order valence-corrected chi connectivity index (χ0v) is 25.8. The molecule has 7 rings (SSSR count). The first-order chi connectivity index (χ1) is 20.9. The van der Waals surface area contributed by atoms with Gasteiger partial charge in [0.2, 0.25) is 10.0 Å². The van der Waals surface area contributed by atoms with Gasteiger partial charge in [-0.1, -0.05) is 36.4 Å². The van der Waals surface area contributed by atoms with Crippen molar-refractivity contribution in [2.45, 2.75) is 88.2 Å². The summed E-state index contributed by atoms with van der Waals surface area (Å²) in [5.41, 5.74) is 3.87. The van der Waals surface area contributed by atoms with Crippen LogP contribution in [0.4, 0.5) is 5.69 Å². The highest BCUT2D eigenvalue weighted by Gasteiger charge is 2.47. The first-order valence-electron chi connectivity index (χ1n) is 16.3. The van der Waals surface area contributed by atoms with E-state index in [-0.39, 0.29) is 23.3 Å². The second kappa shape index (κ2) is 11.9. The number of nitrogens with one attached hydrogen (secondary N) is 1. The summed E-state index contributed by atoms with van der Waals surface area (Å²) in [6.45, 7) is 2.21. The normalized spacial score (nSPS) is 32.1. The van der Waals surface area contributed by atoms with Crippen molar-refractivity contribution < 1.29 is 22.7 Å². The summed E-state index contributed by atoms with van der Waals surface area (Å²) in [6.07, 6.45) is 15.6. The highest BCUT2D eigenvalue weighted by Crippen LogP contribution is 2.49. The molecule has 2 bridgehead atoms. The molecule has 0 aromatic heterocycles. The number of benzene rings is 2. The molecule has 2 aliphatic carbocycles. The number of carbonyl (C=O) groups is 1. The van der Waals surface area contributed by atoms with Crippen molar-refractivity contribution in [2.75, 3.05) is 30.4 Å². The number of amides is 1. The minimum absolute atomic E-state index is 0.0687. The number of sulfonamides is 1. The van der Waals surface area contributed by atoms with E-state index in [0.717, 1.165) is 69.5 Å². The van der Waals surface area contributed by atoms with Crippen molar-refractivity contribution in [3.8, 4) is 5.75 Å². The molecule has 2 aromatic rings. The number of anilines is 1. The zero-order valence-electron chi connectivity index (χ0n) is 25.0. The minimum atomic E-state index is -3.74. The van der Waals surface area contributed by atoms with Gasteiger partial charge in [0.25, 0.3) is 5.91 Å². The van der Waals surface area contributed by atoms with Crippen molar-refractivity contribution in [3.63, 3.8) is 0 Å². The number of rotatable bonds is 2. The smallest absolute Gasteiger partial charge is 0.264 e. The first-order valence-corrected chi connectivity index (χ1v) is 18.0. The monoisotopic (exact) mass is 604 g/mol. The van der Waals surface area contributed by atoms with Crippen LogP contribution in [0.5, 0.6) is 5.75 Å². The van der Waals surface area contributed by atoms with E-state index in [9.17, 15) is 13.2 Å². The van der Waals surface area contributed by atoms with Gasteiger partial charge in [0.15, 0.2) is 0 Å². The van der Waals surface area contributed by atoms with Crippen molar-refractivity contribution in [2.24, 2.45) is 11.8 Å². The lowest BCUT2D eigenvalue weighted by atomic mass is 9.65. The summed E-state index contributed by atoms with van der Waals surface area (Å²) in [5.74, 6) is 1.22. The van der Waals surface area contributed by atoms with E-state index in [1.807, 2.05) is 12.1 Å². The number of carbonyl (C=O) groups excluding carboxylic acids is 1. The van der Waals surface area contributed by atoms with Gasteiger partial charge in [-0.05, 0) is 112 Å². The fourth-order valence-corrected chi connectivity index (χ4v) is 9.40. The van der Waals surface area contributed by atoms with Gasteiger partial charge in [0.05, 0.1) is 24.2 Å². The van der Waals surface area contributed by atoms with Crippen molar-refractivity contribution in [1.82, 2.24) is 4.72 Å². The third kappa shape index (κ3) is 5.85. The Bertz CT molecular complexity index is 1480. The Hall–Kier alpha value is -2.84. The molecular formula is C35H44N2O5S. The Balaban J connectivity index is 1.35. The van der Waals surface area contributed by atoms with Crippen LogP contribution in [0.1, 0.15) is 85.7 Å². The molecule has 5 aliphatic rings. The summed E-state index contributed by atoms with van der Waals surface area (Å²) in [4.78, 5) is 15.9. The molecule has 8 heteroatoms. The number of ether oxygens (including phenoxy) is 2. The third-order valence-electron chi connectivity index (χ3n) is 10.7. The van der Waals surface area contributed by atoms with Gasteiger partial charge in [0.1, 0.15) is 5.75 Å². The third-order valence-corrected chi connectivity index (χ3v) is 12.1. The van der Waals surface area contributed by atoms with E-state index in [1.165, 1.54) is 24.0 Å². The zero-order chi connectivity index (χ0) is 29.4. The summed E-state index contributed by atoms with van der Waals surface area (Å²) in [6, 6.07) is 14.6. The second-order valence-corrected chi connectivity index (χ2v) is 15.3. The predicted octanol–water partition coefficient (Wildman–Crippen LogP) is 5.92. The van der Waals surface area contributed by atoms with Crippen LogP contribution >= 0.6 is 0 Å². The Morgan fingerprint density at radius 3 is 2.77 bits per heavy atom. The molecule has 3 heterocycles. The summed E-state index contributed by atoms with van der Waals surface area (Å²) in [5, 5.41) is 0. The van der Waals surface area contributed by atoms with E-state index in [1.54, 1.807) is 6.07 Å². The molecule has 1 saturated carbocycles. The lowest BCUT2D eigenvalue weighted by Gasteiger charge is -2.50. The van der Waals surface area contributed by atoms with Gasteiger partial charge in [-0.15, -0.1) is 0 Å². The molecule has 1 saturated heterocycles. The lowest BCUT2D eigenvalue weighted by Crippen LogP contribution is -2.54. The van der Waals surface area contributed by atoms with Crippen LogP contribution in [0.15, 0.2) is 54.6 Å². The van der Waals surface area contributed by atoms with E-state index < -0.39 is 15.9 Å². The number of nitrogens with zero attached hydrogens (tertiary/aromatic N) is 1. The van der Waals surface area contributed by atoms with Crippen molar-refractivity contribution in [1.29, 1.82) is 0 Å². The minimum Gasteiger partial charge on any atom is -0.490 e. The highest BCUT2D eigenvalue weighted by molar-refractivity contribution is 7.90. The van der Waals surface area contributed by atoms with E-state index in [0.29, 0.717) is 36.8 Å². The van der Waals surface area contributed by atoms with Gasteiger partial charge >= 0.3 is 0 Å². The summed E-state index contributed by atoms with van der Waals surface area (Å²) < 4.78 is 40.9. The maximum atomic E-state index is 13.4. The largest absolute Gasteiger partial charge is 0.490 e. The van der Waals surface area contributed by atoms with Crippen LogP contribution in [0.25, 0.3) is 0 Å². The maximum absolute atomic E-state index is 13.4. The molecule has 2 aromatic carbocycles. The molecule has 1 spiro atoms. The standard InChI is InChI=1S/C35H44N2O5S/c38-34-27-15-17-33-32(21-27)37(23-35(24-42-33)18-7-11-26-10-4-5-13-30(26)35)31(22-28-12-8-19-41-28)29-16-14-25(29)9-3-1-2-6-20-43(39,40)36-34/h1,3-5,10,13,15,17,21,25,28-29,31H,2,6-9,11-12,14,16,18-20,22-24H2,(H,36,38)/t25?,28-,29?,31?,35?/m0/s1. The maximum Gasteiger partial charge on any atom is 0.264 e. The predicted molar refractivity (Wildman–Crippen MR) is 168 cm³/mol. The van der Waals surface area contributed by atoms with Gasteiger partial charge < -0.3 is 14.4 Å². The van der Waals surface area contributed by atoms with Gasteiger partial charge in [-0.2, -0.15) is 0 Å². The van der Waals surface area contributed by atoms with Crippen LogP contribution in [0.2, 0.25) is 0 Å². The fraction of sp³-hybridized carbons (Fsp3) is 0.571. The van der Waals surface area contributed by atoms with Crippen LogP contribution < -0.4 is 14.4 Å². The molecule has 43 heavy (non-hydrogen) atoms. The number of allylic oxidation sites excluding steroid dienone is 2. The van der Waals surface area contributed by atoms with Crippen LogP contribution in [0.3, 0.4) is 0 Å². The van der Waals surface area contributed by atoms with Gasteiger partial charge in [0, 0.05) is 30.2 Å². The Morgan fingerprint density at radius 1 is 1.02 bits per heavy atom. The SMILES string of the molecule is O=C1NS(=O)(=O)CCCC=CCC2CCC2C(C[C@@H]2CCCO2)N2CC3(CCCc4ccccc43)COc3ccc1cc32. The van der Waals surface area contributed by atoms with E-state index in [2.05, 4.69) is 46.0 Å². The van der Waals surface area contributed by atoms with Gasteiger partial charge in [-0.3, -0.25) is 4.79 Å². The molecule has 3 aliphatic heterocycles. The summed E-state index contributed by atoms with van der Waals surface area (Å²) in [7, 11) is -3.74. The number of hydrogen-bond acceptors (Lipinski definition) is 6. The number of hydrogen-bond donors (Lipinski definition) is 1. The molecule has 1 amide bonds. The fourth-order valence-electron chi connectivity index (χ4n) is 8.35. The molecular weight excluding hydrogens is 560 g/mol. The Morgan fingerprint density at radius 2 is 1.93 bits per heavy atom. The molecule has 2 fully saturated rings. The first kappa shape index (κ1) is 28.9. The second-order valence-electron chi connectivity index (χ2n) is 13.4. The van der Waals surface area contributed by atoms with E-state index in [4.69, 9.17) is 9.47 Å². The molecule has 0 radical (unpaired) electrons. The molecule has 7 nitrogen and oxygen atoms in total. The molecule has 230 valence electrons. The quantitative estimate of drug-likeness (QED) is 0.429. The average Bonchev–Trinajstić information content (AvgIpc) is 3.44. The molecule has 1 N–H and O–H groups in total. The topological polar surface area (TPSA) is 84.9 Å². The highest BCUT2D eigenvalue weighted by atomic mass is 32.2.